The molecule has 0 fully saturated rings. The van der Waals surface area contributed by atoms with Crippen LogP contribution >= 0.6 is 0 Å². The van der Waals surface area contributed by atoms with Crippen molar-refractivity contribution in [2.24, 2.45) is 0 Å². The van der Waals surface area contributed by atoms with E-state index in [2.05, 4.69) is 0 Å². The molecule has 4 nitrogen and oxygen atoms in total. The normalized spacial score (nSPS) is 11.0. The van der Waals surface area contributed by atoms with Crippen molar-refractivity contribution in [3.05, 3.63) is 35.0 Å². The molecule has 1 heterocycles. The molecule has 0 aliphatic carbocycles. The first kappa shape index (κ1) is 11.7. The second-order valence-electron chi connectivity index (χ2n) is 4.10. The maximum absolute atomic E-state index is 11.3. The summed E-state index contributed by atoms with van der Waals surface area (Å²) in [7, 11) is 1.56. The number of para-hydroxylation sites is 1. The topological polar surface area (TPSA) is 51.5 Å². The Labute approximate surface area is 99.4 Å². The quantitative estimate of drug-likeness (QED) is 0.886. The number of aryl methyl sites for hydroxylation is 2. The van der Waals surface area contributed by atoms with Crippen LogP contribution in [0.3, 0.4) is 0 Å². The minimum Gasteiger partial charge on any atom is -0.477 e. The molecule has 0 amide bonds. The monoisotopic (exact) mass is 233 g/mol. The predicted octanol–water partition coefficient (Wildman–Crippen LogP) is 2.56. The Kier molecular flexibility index (Phi) is 2.90. The SMILES string of the molecule is COCn1c(C(=O)O)c(C)c2cccc(C)c21. The highest BCUT2D eigenvalue weighted by molar-refractivity contribution is 5.99. The largest absolute Gasteiger partial charge is 0.477 e. The Hall–Kier alpha value is -1.81. The van der Waals surface area contributed by atoms with Crippen LogP contribution in [0, 0.1) is 13.8 Å². The number of nitrogens with zero attached hydrogens (tertiary/aromatic N) is 1. The number of fused-ring (bicyclic) bond motifs is 1. The summed E-state index contributed by atoms with van der Waals surface area (Å²) >= 11 is 0. The standard InChI is InChI=1S/C13H15NO3/c1-8-5-4-6-10-9(2)12(13(15)16)14(7-17-3)11(8)10/h4-6H,7H2,1-3H3,(H,15,16). The smallest absolute Gasteiger partial charge is 0.352 e. The number of carbonyl (C=O) groups is 1. The Bertz CT molecular complexity index is 584. The lowest BCUT2D eigenvalue weighted by atomic mass is 10.1. The van der Waals surface area contributed by atoms with Gasteiger partial charge in [0.25, 0.3) is 0 Å². The van der Waals surface area contributed by atoms with E-state index >= 15 is 0 Å². The summed E-state index contributed by atoms with van der Waals surface area (Å²) in [5, 5.41) is 10.3. The third-order valence-electron chi connectivity index (χ3n) is 3.00. The third-order valence-corrected chi connectivity index (χ3v) is 3.00. The first-order chi connectivity index (χ1) is 8.07. The molecule has 0 radical (unpaired) electrons. The highest BCUT2D eigenvalue weighted by Crippen LogP contribution is 2.28. The molecule has 2 aromatic rings. The zero-order chi connectivity index (χ0) is 12.6. The summed E-state index contributed by atoms with van der Waals surface area (Å²) < 4.78 is 6.81. The van der Waals surface area contributed by atoms with Gasteiger partial charge in [-0.3, -0.25) is 0 Å². The summed E-state index contributed by atoms with van der Waals surface area (Å²) in [5.41, 5.74) is 3.07. The van der Waals surface area contributed by atoms with Gasteiger partial charge in [0.15, 0.2) is 0 Å². The van der Waals surface area contributed by atoms with E-state index in [4.69, 9.17) is 4.74 Å². The number of aromatic nitrogens is 1. The number of carboxylic acids is 1. The van der Waals surface area contributed by atoms with Crippen molar-refractivity contribution < 1.29 is 14.6 Å². The Balaban J connectivity index is 2.88. The molecule has 0 bridgehead atoms. The van der Waals surface area contributed by atoms with Crippen LogP contribution in [0.1, 0.15) is 21.6 Å². The zero-order valence-corrected chi connectivity index (χ0v) is 10.2. The molecule has 1 aromatic heterocycles. The lowest BCUT2D eigenvalue weighted by Gasteiger charge is -2.08. The predicted molar refractivity (Wildman–Crippen MR) is 65.4 cm³/mol. The molecule has 1 aromatic carbocycles. The van der Waals surface area contributed by atoms with Crippen molar-refractivity contribution in [1.29, 1.82) is 0 Å². The van der Waals surface area contributed by atoms with Gasteiger partial charge in [-0.2, -0.15) is 0 Å². The van der Waals surface area contributed by atoms with E-state index in [0.29, 0.717) is 5.69 Å². The molecule has 0 saturated carbocycles. The number of rotatable bonds is 3. The number of carboxylic acid groups (broad SMARTS) is 1. The van der Waals surface area contributed by atoms with Gasteiger partial charge < -0.3 is 14.4 Å². The molecule has 4 heteroatoms. The van der Waals surface area contributed by atoms with Gasteiger partial charge >= 0.3 is 5.97 Å². The first-order valence-electron chi connectivity index (χ1n) is 5.38. The van der Waals surface area contributed by atoms with Gasteiger partial charge in [-0.15, -0.1) is 0 Å². The van der Waals surface area contributed by atoms with Crippen LogP contribution < -0.4 is 0 Å². The van der Waals surface area contributed by atoms with Crippen LogP contribution in [0.2, 0.25) is 0 Å². The van der Waals surface area contributed by atoms with Gasteiger partial charge in [0.1, 0.15) is 12.4 Å². The molecule has 0 aliphatic rings. The molecule has 17 heavy (non-hydrogen) atoms. The number of methoxy groups -OCH3 is 1. The fraction of sp³-hybridized carbons (Fsp3) is 0.308. The van der Waals surface area contributed by atoms with Crippen LogP contribution in [0.15, 0.2) is 18.2 Å². The van der Waals surface area contributed by atoms with Crippen LogP contribution in [0.5, 0.6) is 0 Å². The highest BCUT2D eigenvalue weighted by atomic mass is 16.5. The van der Waals surface area contributed by atoms with Gasteiger partial charge in [0.05, 0.1) is 5.52 Å². The molecule has 0 atom stereocenters. The van der Waals surface area contributed by atoms with Crippen molar-refractivity contribution in [2.45, 2.75) is 20.6 Å². The van der Waals surface area contributed by atoms with Crippen LogP contribution in [-0.4, -0.2) is 22.8 Å². The van der Waals surface area contributed by atoms with Crippen molar-refractivity contribution in [3.63, 3.8) is 0 Å². The van der Waals surface area contributed by atoms with Crippen molar-refractivity contribution in [2.75, 3.05) is 7.11 Å². The molecule has 0 saturated heterocycles. The summed E-state index contributed by atoms with van der Waals surface area (Å²) in [6, 6.07) is 5.85. The molecule has 90 valence electrons. The number of hydrogen-bond acceptors (Lipinski definition) is 2. The van der Waals surface area contributed by atoms with Crippen LogP contribution in [-0.2, 0) is 11.5 Å². The van der Waals surface area contributed by atoms with E-state index in [0.717, 1.165) is 22.0 Å². The van der Waals surface area contributed by atoms with E-state index in [-0.39, 0.29) is 6.73 Å². The lowest BCUT2D eigenvalue weighted by molar-refractivity contribution is 0.0663. The van der Waals surface area contributed by atoms with Gasteiger partial charge in [-0.25, -0.2) is 4.79 Å². The second kappa shape index (κ2) is 4.22. The number of aromatic carboxylic acids is 1. The highest BCUT2D eigenvalue weighted by Gasteiger charge is 2.20. The molecule has 0 unspecified atom stereocenters. The number of hydrogen-bond donors (Lipinski definition) is 1. The zero-order valence-electron chi connectivity index (χ0n) is 10.2. The summed E-state index contributed by atoms with van der Waals surface area (Å²) in [4.78, 5) is 11.3. The van der Waals surface area contributed by atoms with Crippen LogP contribution in [0.25, 0.3) is 10.9 Å². The fourth-order valence-corrected chi connectivity index (χ4v) is 2.30. The minimum atomic E-state index is -0.921. The summed E-state index contributed by atoms with van der Waals surface area (Å²) in [6.45, 7) is 4.05. The molecule has 0 aliphatic heterocycles. The maximum Gasteiger partial charge on any atom is 0.352 e. The van der Waals surface area contributed by atoms with Gasteiger partial charge in [-0.05, 0) is 25.0 Å². The van der Waals surface area contributed by atoms with Gasteiger partial charge in [0.2, 0.25) is 0 Å². The molecule has 2 rings (SSSR count). The minimum absolute atomic E-state index is 0.247. The Morgan fingerprint density at radius 1 is 1.41 bits per heavy atom. The van der Waals surface area contributed by atoms with E-state index in [1.165, 1.54) is 0 Å². The first-order valence-corrected chi connectivity index (χ1v) is 5.38. The van der Waals surface area contributed by atoms with E-state index in [9.17, 15) is 9.90 Å². The molecular weight excluding hydrogens is 218 g/mol. The average molecular weight is 233 g/mol. The Morgan fingerprint density at radius 2 is 2.12 bits per heavy atom. The molecular formula is C13H15NO3. The van der Waals surface area contributed by atoms with E-state index < -0.39 is 5.97 Å². The Morgan fingerprint density at radius 3 is 2.71 bits per heavy atom. The molecule has 1 N–H and O–H groups in total. The van der Waals surface area contributed by atoms with E-state index in [1.807, 2.05) is 32.0 Å². The third kappa shape index (κ3) is 1.70. The lowest BCUT2D eigenvalue weighted by Crippen LogP contribution is -2.11. The number of benzene rings is 1. The van der Waals surface area contributed by atoms with Crippen molar-refractivity contribution >= 4 is 16.9 Å². The average Bonchev–Trinajstić information content (AvgIpc) is 2.54. The van der Waals surface area contributed by atoms with Crippen LogP contribution in [0.4, 0.5) is 0 Å². The molecule has 0 spiro atoms. The fourth-order valence-electron chi connectivity index (χ4n) is 2.30. The van der Waals surface area contributed by atoms with Crippen molar-refractivity contribution in [3.8, 4) is 0 Å². The van der Waals surface area contributed by atoms with Gasteiger partial charge in [-0.1, -0.05) is 18.2 Å². The number of ether oxygens (including phenoxy) is 1. The van der Waals surface area contributed by atoms with E-state index in [1.54, 1.807) is 11.7 Å². The summed E-state index contributed by atoms with van der Waals surface area (Å²) in [6.07, 6.45) is 0. The maximum atomic E-state index is 11.3. The summed E-state index contributed by atoms with van der Waals surface area (Å²) in [5.74, 6) is -0.921. The van der Waals surface area contributed by atoms with Crippen molar-refractivity contribution in [1.82, 2.24) is 4.57 Å². The second-order valence-corrected chi connectivity index (χ2v) is 4.10. The van der Waals surface area contributed by atoms with Gasteiger partial charge in [0, 0.05) is 12.5 Å².